The van der Waals surface area contributed by atoms with E-state index < -0.39 is 0 Å². The zero-order valence-electron chi connectivity index (χ0n) is 11.1. The molecule has 0 aliphatic carbocycles. The van der Waals surface area contributed by atoms with Crippen LogP contribution in [0.25, 0.3) is 0 Å². The Kier molecular flexibility index (Phi) is 5.70. The summed E-state index contributed by atoms with van der Waals surface area (Å²) in [6, 6.07) is 0.197. The van der Waals surface area contributed by atoms with E-state index in [1.807, 2.05) is 6.92 Å². The summed E-state index contributed by atoms with van der Waals surface area (Å²) in [5.74, 6) is 0.225. The molecule has 0 unspecified atom stereocenters. The summed E-state index contributed by atoms with van der Waals surface area (Å²) in [5.41, 5.74) is 5.46. The summed E-state index contributed by atoms with van der Waals surface area (Å²) in [4.78, 5) is 15.4. The van der Waals surface area contributed by atoms with Gasteiger partial charge in [0.2, 0.25) is 0 Å². The van der Waals surface area contributed by atoms with Crippen molar-refractivity contribution in [2.24, 2.45) is 10.9 Å². The second-order valence-electron chi connectivity index (χ2n) is 4.61. The highest BCUT2D eigenvalue weighted by Gasteiger charge is 2.21. The number of carbonyl (C=O) groups excluding carboxylic acids is 1. The number of piperidine rings is 1. The van der Waals surface area contributed by atoms with Crippen molar-refractivity contribution >= 4 is 11.9 Å². The Morgan fingerprint density at radius 1 is 1.56 bits per heavy atom. The highest BCUT2D eigenvalue weighted by atomic mass is 16.4. The van der Waals surface area contributed by atoms with Gasteiger partial charge in [0.05, 0.1) is 6.54 Å². The Balaban J connectivity index is 2.29. The summed E-state index contributed by atoms with van der Waals surface area (Å²) in [6.45, 7) is 4.81. The number of amidine groups is 1. The van der Waals surface area contributed by atoms with Crippen LogP contribution in [0.15, 0.2) is 5.16 Å². The first-order valence-corrected chi connectivity index (χ1v) is 6.27. The highest BCUT2D eigenvalue weighted by molar-refractivity contribution is 5.81. The van der Waals surface area contributed by atoms with Gasteiger partial charge in [-0.25, -0.2) is 4.79 Å². The SMILES string of the molecule is CCN(C)C(=O)NC1CCN(CC(N)=NO)CC1. The van der Waals surface area contributed by atoms with Gasteiger partial charge in [-0.15, -0.1) is 0 Å². The minimum absolute atomic E-state index is 0.0209. The molecule has 1 aliphatic heterocycles. The molecule has 1 heterocycles. The lowest BCUT2D eigenvalue weighted by Gasteiger charge is -2.32. The molecule has 104 valence electrons. The number of oxime groups is 1. The largest absolute Gasteiger partial charge is 0.409 e. The minimum Gasteiger partial charge on any atom is -0.409 e. The molecule has 2 amide bonds. The summed E-state index contributed by atoms with van der Waals surface area (Å²) in [7, 11) is 1.78. The molecule has 1 rings (SSSR count). The number of hydrogen-bond donors (Lipinski definition) is 3. The van der Waals surface area contributed by atoms with E-state index in [1.165, 1.54) is 0 Å². The number of rotatable bonds is 4. The normalized spacial score (nSPS) is 18.7. The van der Waals surface area contributed by atoms with Crippen LogP contribution in [-0.4, -0.2) is 66.1 Å². The predicted octanol–water partition coefficient (Wildman–Crippen LogP) is -0.141. The highest BCUT2D eigenvalue weighted by Crippen LogP contribution is 2.10. The summed E-state index contributed by atoms with van der Waals surface area (Å²) in [5, 5.41) is 14.5. The van der Waals surface area contributed by atoms with E-state index in [0.717, 1.165) is 25.9 Å². The summed E-state index contributed by atoms with van der Waals surface area (Å²) in [6.07, 6.45) is 1.78. The van der Waals surface area contributed by atoms with Crippen molar-refractivity contribution < 1.29 is 10.0 Å². The topological polar surface area (TPSA) is 94.2 Å². The van der Waals surface area contributed by atoms with E-state index in [0.29, 0.717) is 13.1 Å². The van der Waals surface area contributed by atoms with Crippen LogP contribution >= 0.6 is 0 Å². The van der Waals surface area contributed by atoms with Crippen LogP contribution in [0.2, 0.25) is 0 Å². The molecule has 0 aromatic heterocycles. The smallest absolute Gasteiger partial charge is 0.317 e. The quantitative estimate of drug-likeness (QED) is 0.283. The van der Waals surface area contributed by atoms with Gasteiger partial charge >= 0.3 is 6.03 Å². The fraction of sp³-hybridized carbons (Fsp3) is 0.818. The Labute approximate surface area is 108 Å². The van der Waals surface area contributed by atoms with E-state index in [4.69, 9.17) is 10.9 Å². The van der Waals surface area contributed by atoms with Crippen molar-refractivity contribution in [3.63, 3.8) is 0 Å². The number of amides is 2. The third kappa shape index (κ3) is 4.40. The molecular weight excluding hydrogens is 234 g/mol. The second kappa shape index (κ2) is 7.05. The van der Waals surface area contributed by atoms with Crippen LogP contribution in [0.5, 0.6) is 0 Å². The molecule has 0 aromatic rings. The van der Waals surface area contributed by atoms with E-state index in [-0.39, 0.29) is 17.9 Å². The number of hydrogen-bond acceptors (Lipinski definition) is 4. The lowest BCUT2D eigenvalue weighted by molar-refractivity contribution is 0.187. The van der Waals surface area contributed by atoms with Crippen molar-refractivity contribution in [3.8, 4) is 0 Å². The van der Waals surface area contributed by atoms with Gasteiger partial charge in [-0.3, -0.25) is 4.90 Å². The van der Waals surface area contributed by atoms with E-state index in [1.54, 1.807) is 11.9 Å². The first-order valence-electron chi connectivity index (χ1n) is 6.27. The van der Waals surface area contributed by atoms with Crippen molar-refractivity contribution in [1.29, 1.82) is 0 Å². The number of likely N-dealkylation sites (tertiary alicyclic amines) is 1. The number of urea groups is 1. The van der Waals surface area contributed by atoms with Gasteiger partial charge in [-0.1, -0.05) is 5.16 Å². The van der Waals surface area contributed by atoms with Crippen molar-refractivity contribution in [3.05, 3.63) is 0 Å². The van der Waals surface area contributed by atoms with Crippen molar-refractivity contribution in [1.82, 2.24) is 15.1 Å². The molecule has 0 spiro atoms. The maximum Gasteiger partial charge on any atom is 0.317 e. The van der Waals surface area contributed by atoms with Crippen molar-refractivity contribution in [2.45, 2.75) is 25.8 Å². The van der Waals surface area contributed by atoms with Gasteiger partial charge in [-0.05, 0) is 19.8 Å². The zero-order chi connectivity index (χ0) is 13.5. The number of carbonyl (C=O) groups is 1. The molecule has 1 fully saturated rings. The summed E-state index contributed by atoms with van der Waals surface area (Å²) < 4.78 is 0. The third-order valence-electron chi connectivity index (χ3n) is 3.25. The van der Waals surface area contributed by atoms with Gasteiger partial charge in [0.15, 0.2) is 5.84 Å². The maximum absolute atomic E-state index is 11.7. The third-order valence-corrected chi connectivity index (χ3v) is 3.25. The lowest BCUT2D eigenvalue weighted by Crippen LogP contribution is -2.49. The van der Waals surface area contributed by atoms with Gasteiger partial charge in [0.25, 0.3) is 0 Å². The Morgan fingerprint density at radius 3 is 2.67 bits per heavy atom. The van der Waals surface area contributed by atoms with E-state index >= 15 is 0 Å². The molecule has 0 aromatic carbocycles. The van der Waals surface area contributed by atoms with Gasteiger partial charge in [-0.2, -0.15) is 0 Å². The maximum atomic E-state index is 11.7. The van der Waals surface area contributed by atoms with E-state index in [9.17, 15) is 4.79 Å². The van der Waals surface area contributed by atoms with Crippen LogP contribution in [0, 0.1) is 0 Å². The molecule has 0 atom stereocenters. The van der Waals surface area contributed by atoms with E-state index in [2.05, 4.69) is 15.4 Å². The molecule has 0 saturated carbocycles. The average molecular weight is 257 g/mol. The molecule has 0 radical (unpaired) electrons. The fourth-order valence-electron chi connectivity index (χ4n) is 1.92. The van der Waals surface area contributed by atoms with Crippen LogP contribution in [0.1, 0.15) is 19.8 Å². The molecule has 18 heavy (non-hydrogen) atoms. The van der Waals surface area contributed by atoms with Crippen LogP contribution in [0.4, 0.5) is 4.79 Å². The first-order chi connectivity index (χ1) is 8.56. The average Bonchev–Trinajstić information content (AvgIpc) is 2.39. The zero-order valence-corrected chi connectivity index (χ0v) is 11.1. The molecule has 1 saturated heterocycles. The van der Waals surface area contributed by atoms with Gasteiger partial charge < -0.3 is 21.2 Å². The molecule has 0 bridgehead atoms. The second-order valence-corrected chi connectivity index (χ2v) is 4.61. The van der Waals surface area contributed by atoms with Gasteiger partial charge in [0.1, 0.15) is 0 Å². The van der Waals surface area contributed by atoms with Crippen molar-refractivity contribution in [2.75, 3.05) is 33.2 Å². The molecule has 7 nitrogen and oxygen atoms in total. The molecule has 4 N–H and O–H groups in total. The molecule has 7 heteroatoms. The van der Waals surface area contributed by atoms with Crippen LogP contribution in [-0.2, 0) is 0 Å². The standard InChI is InChI=1S/C11H23N5O2/c1-3-15(2)11(17)13-9-4-6-16(7-5-9)8-10(12)14-18/h9,18H,3-8H2,1-2H3,(H2,12,14)(H,13,17). The van der Waals surface area contributed by atoms with Crippen LogP contribution < -0.4 is 11.1 Å². The molecular formula is C11H23N5O2. The monoisotopic (exact) mass is 257 g/mol. The minimum atomic E-state index is -0.0209. The predicted molar refractivity (Wildman–Crippen MR) is 69.7 cm³/mol. The van der Waals surface area contributed by atoms with Crippen LogP contribution in [0.3, 0.4) is 0 Å². The molecule has 1 aliphatic rings. The number of nitrogens with one attached hydrogen (secondary N) is 1. The first kappa shape index (κ1) is 14.6. The van der Waals surface area contributed by atoms with Gasteiger partial charge in [0, 0.05) is 32.7 Å². The number of nitrogens with two attached hydrogens (primary N) is 1. The lowest BCUT2D eigenvalue weighted by atomic mass is 10.1. The Hall–Kier alpha value is -1.50. The Bertz CT molecular complexity index is 300. The fourth-order valence-corrected chi connectivity index (χ4v) is 1.92. The Morgan fingerprint density at radius 2 is 2.17 bits per heavy atom. The summed E-state index contributed by atoms with van der Waals surface area (Å²) >= 11 is 0. The number of nitrogens with zero attached hydrogens (tertiary/aromatic N) is 3.